The number of ether oxygens (including phenoxy) is 1. The van der Waals surface area contributed by atoms with E-state index >= 15 is 0 Å². The number of nitrogens with zero attached hydrogens (tertiary/aromatic N) is 2. The molecule has 1 aromatic heterocycles. The number of aliphatic hydroxyl groups is 1. The molecule has 1 saturated heterocycles. The Kier molecular flexibility index (Phi) is 4.04. The Bertz CT molecular complexity index is 688. The third-order valence-electron chi connectivity index (χ3n) is 3.86. The molecule has 0 unspecified atom stereocenters. The van der Waals surface area contributed by atoms with Gasteiger partial charge in [0.1, 0.15) is 5.82 Å². The molecule has 3 rings (SSSR count). The smallest absolute Gasteiger partial charge is 0.166 e. The van der Waals surface area contributed by atoms with Crippen molar-refractivity contribution in [3.8, 4) is 11.1 Å². The first-order chi connectivity index (χ1) is 10.6. The Morgan fingerprint density at radius 3 is 2.77 bits per heavy atom. The van der Waals surface area contributed by atoms with Crippen LogP contribution >= 0.6 is 0 Å². The van der Waals surface area contributed by atoms with E-state index in [0.717, 1.165) is 0 Å². The number of aromatic nitrogens is 1. The summed E-state index contributed by atoms with van der Waals surface area (Å²) in [5.74, 6) is -0.807. The fourth-order valence-corrected chi connectivity index (χ4v) is 2.50. The highest BCUT2D eigenvalue weighted by Gasteiger charge is 2.29. The number of hydrogen-bond acceptors (Lipinski definition) is 4. The molecule has 4 nitrogen and oxygen atoms in total. The third kappa shape index (κ3) is 2.55. The Morgan fingerprint density at radius 1 is 1.36 bits per heavy atom. The number of benzene rings is 1. The summed E-state index contributed by atoms with van der Waals surface area (Å²) in [7, 11) is 1.62. The Labute approximate surface area is 127 Å². The maximum Gasteiger partial charge on any atom is 0.166 e. The lowest BCUT2D eigenvalue weighted by atomic mass is 10.0. The molecule has 1 aliphatic heterocycles. The second kappa shape index (κ2) is 5.98. The van der Waals surface area contributed by atoms with Crippen LogP contribution in [0.2, 0.25) is 0 Å². The van der Waals surface area contributed by atoms with Crippen molar-refractivity contribution in [1.82, 2.24) is 4.98 Å². The molecule has 0 spiro atoms. The van der Waals surface area contributed by atoms with Crippen LogP contribution in [-0.2, 0) is 11.3 Å². The zero-order valence-corrected chi connectivity index (χ0v) is 12.1. The summed E-state index contributed by atoms with van der Waals surface area (Å²) in [5.41, 5.74) is 0.744. The van der Waals surface area contributed by atoms with E-state index in [1.54, 1.807) is 18.1 Å². The molecule has 1 aliphatic rings. The number of halogens is 2. The van der Waals surface area contributed by atoms with Gasteiger partial charge in [-0.15, -0.1) is 0 Å². The normalized spacial score (nSPS) is 15.0. The minimum absolute atomic E-state index is 0.0968. The van der Waals surface area contributed by atoms with Crippen LogP contribution in [0.5, 0.6) is 0 Å². The summed E-state index contributed by atoms with van der Waals surface area (Å²) in [6, 6.07) is 5.91. The molecule has 0 saturated carbocycles. The lowest BCUT2D eigenvalue weighted by Gasteiger charge is -2.39. The van der Waals surface area contributed by atoms with Crippen LogP contribution in [0, 0.1) is 11.6 Å². The summed E-state index contributed by atoms with van der Waals surface area (Å²) in [4.78, 5) is 5.88. The van der Waals surface area contributed by atoms with Crippen molar-refractivity contribution in [3.63, 3.8) is 0 Å². The van der Waals surface area contributed by atoms with Crippen LogP contribution in [0.3, 0.4) is 0 Å². The molecule has 1 N–H and O–H groups in total. The second-order valence-electron chi connectivity index (χ2n) is 5.23. The van der Waals surface area contributed by atoms with E-state index in [-0.39, 0.29) is 23.0 Å². The Morgan fingerprint density at radius 2 is 2.14 bits per heavy atom. The van der Waals surface area contributed by atoms with E-state index in [2.05, 4.69) is 4.98 Å². The molecular formula is C16H16F2N2O2. The van der Waals surface area contributed by atoms with E-state index in [9.17, 15) is 8.78 Å². The largest absolute Gasteiger partial charge is 0.392 e. The molecule has 2 aromatic rings. The average Bonchev–Trinajstić information content (AvgIpc) is 2.48. The topological polar surface area (TPSA) is 45.6 Å². The van der Waals surface area contributed by atoms with Crippen LogP contribution in [0.4, 0.5) is 14.6 Å². The summed E-state index contributed by atoms with van der Waals surface area (Å²) < 4.78 is 33.6. The van der Waals surface area contributed by atoms with Crippen molar-refractivity contribution >= 4 is 5.82 Å². The zero-order valence-electron chi connectivity index (χ0n) is 12.1. The van der Waals surface area contributed by atoms with Gasteiger partial charge in [-0.05, 0) is 6.07 Å². The lowest BCUT2D eigenvalue weighted by Crippen LogP contribution is -2.52. The molecule has 0 atom stereocenters. The Hall–Kier alpha value is -2.05. The molecule has 1 fully saturated rings. The van der Waals surface area contributed by atoms with Crippen molar-refractivity contribution in [2.75, 3.05) is 25.1 Å². The lowest BCUT2D eigenvalue weighted by molar-refractivity contribution is 0.0779. The van der Waals surface area contributed by atoms with Gasteiger partial charge in [0, 0.05) is 43.1 Å². The van der Waals surface area contributed by atoms with Gasteiger partial charge in [-0.2, -0.15) is 0 Å². The van der Waals surface area contributed by atoms with Gasteiger partial charge in [0.15, 0.2) is 11.6 Å². The van der Waals surface area contributed by atoms with E-state index in [4.69, 9.17) is 9.84 Å². The number of pyridine rings is 1. The van der Waals surface area contributed by atoms with Gasteiger partial charge < -0.3 is 14.7 Å². The van der Waals surface area contributed by atoms with Crippen molar-refractivity contribution in [1.29, 1.82) is 0 Å². The number of hydrogen-bond donors (Lipinski definition) is 1. The third-order valence-corrected chi connectivity index (χ3v) is 3.86. The van der Waals surface area contributed by atoms with Crippen LogP contribution < -0.4 is 4.90 Å². The molecule has 0 radical (unpaired) electrons. The van der Waals surface area contributed by atoms with E-state index in [1.165, 1.54) is 24.4 Å². The van der Waals surface area contributed by atoms with Gasteiger partial charge in [0.05, 0.1) is 12.7 Å². The fourth-order valence-electron chi connectivity index (χ4n) is 2.50. The molecule has 2 heterocycles. The molecule has 0 amide bonds. The fraction of sp³-hybridized carbons (Fsp3) is 0.312. The van der Waals surface area contributed by atoms with E-state index < -0.39 is 18.2 Å². The van der Waals surface area contributed by atoms with Gasteiger partial charge in [-0.1, -0.05) is 18.2 Å². The SMILES string of the molecule is COC1CN(c2ncc(-c3cccc(CO)c3F)cc2F)C1. The first-order valence-corrected chi connectivity index (χ1v) is 6.96. The van der Waals surface area contributed by atoms with Crippen LogP contribution in [-0.4, -0.2) is 36.4 Å². The first-order valence-electron chi connectivity index (χ1n) is 6.96. The van der Waals surface area contributed by atoms with Crippen LogP contribution in [0.15, 0.2) is 30.5 Å². The summed E-state index contributed by atoms with van der Waals surface area (Å²) in [6.45, 7) is 0.780. The van der Waals surface area contributed by atoms with E-state index in [0.29, 0.717) is 18.7 Å². The standard InChI is InChI=1S/C16H16F2N2O2/c1-22-12-7-20(8-12)16-14(17)5-11(6-19-16)13-4-2-3-10(9-21)15(13)18/h2-6,12,21H,7-9H2,1H3. The quantitative estimate of drug-likeness (QED) is 0.942. The number of methoxy groups -OCH3 is 1. The molecular weight excluding hydrogens is 290 g/mol. The maximum atomic E-state index is 14.2. The van der Waals surface area contributed by atoms with Gasteiger partial charge in [-0.3, -0.25) is 0 Å². The number of anilines is 1. The van der Waals surface area contributed by atoms with Crippen molar-refractivity contribution in [2.24, 2.45) is 0 Å². The van der Waals surface area contributed by atoms with Crippen molar-refractivity contribution in [2.45, 2.75) is 12.7 Å². The Balaban J connectivity index is 1.89. The van der Waals surface area contributed by atoms with Gasteiger partial charge in [0.25, 0.3) is 0 Å². The first kappa shape index (κ1) is 14.9. The predicted octanol–water partition coefficient (Wildman–Crippen LogP) is 2.35. The van der Waals surface area contributed by atoms with Crippen molar-refractivity contribution < 1.29 is 18.6 Å². The highest BCUT2D eigenvalue weighted by atomic mass is 19.1. The van der Waals surface area contributed by atoms with Gasteiger partial charge in [-0.25, -0.2) is 13.8 Å². The monoisotopic (exact) mass is 306 g/mol. The predicted molar refractivity (Wildman–Crippen MR) is 78.5 cm³/mol. The molecule has 22 heavy (non-hydrogen) atoms. The average molecular weight is 306 g/mol. The molecule has 0 bridgehead atoms. The molecule has 6 heteroatoms. The molecule has 1 aromatic carbocycles. The maximum absolute atomic E-state index is 14.2. The van der Waals surface area contributed by atoms with Crippen molar-refractivity contribution in [3.05, 3.63) is 47.7 Å². The zero-order chi connectivity index (χ0) is 15.7. The van der Waals surface area contributed by atoms with Crippen LogP contribution in [0.1, 0.15) is 5.56 Å². The molecule has 116 valence electrons. The minimum Gasteiger partial charge on any atom is -0.392 e. The molecule has 0 aliphatic carbocycles. The highest BCUT2D eigenvalue weighted by Crippen LogP contribution is 2.29. The summed E-state index contributed by atoms with van der Waals surface area (Å²) >= 11 is 0. The summed E-state index contributed by atoms with van der Waals surface area (Å²) in [5, 5.41) is 9.10. The number of rotatable bonds is 4. The minimum atomic E-state index is -0.553. The van der Waals surface area contributed by atoms with Gasteiger partial charge in [0.2, 0.25) is 0 Å². The summed E-state index contributed by atoms with van der Waals surface area (Å²) in [6.07, 6.45) is 1.54. The highest BCUT2D eigenvalue weighted by molar-refractivity contribution is 5.66. The van der Waals surface area contributed by atoms with E-state index in [1.807, 2.05) is 0 Å². The van der Waals surface area contributed by atoms with Gasteiger partial charge >= 0.3 is 0 Å². The van der Waals surface area contributed by atoms with Crippen LogP contribution in [0.25, 0.3) is 11.1 Å². The second-order valence-corrected chi connectivity index (χ2v) is 5.23. The number of aliphatic hydroxyl groups excluding tert-OH is 1.